The molecule has 8 nitrogen and oxygen atoms in total. The first-order valence-electron chi connectivity index (χ1n) is 9.65. The van der Waals surface area contributed by atoms with E-state index >= 15 is 0 Å². The fourth-order valence-electron chi connectivity index (χ4n) is 3.68. The summed E-state index contributed by atoms with van der Waals surface area (Å²) < 4.78 is 0. The molecule has 0 aliphatic carbocycles. The maximum atomic E-state index is 13.3. The van der Waals surface area contributed by atoms with E-state index in [4.69, 9.17) is 5.73 Å². The molecule has 1 aliphatic heterocycles. The molecular weight excluding hydrogens is 384 g/mol. The van der Waals surface area contributed by atoms with E-state index in [1.807, 2.05) is 12.1 Å². The minimum Gasteiger partial charge on any atom is -0.393 e. The third-order valence-corrected chi connectivity index (χ3v) is 5.17. The number of nitro benzene ring substituents is 1. The molecule has 152 valence electrons. The van der Waals surface area contributed by atoms with Gasteiger partial charge in [0.1, 0.15) is 5.69 Å². The normalized spacial score (nSPS) is 13.0. The molecule has 0 aromatic heterocycles. The van der Waals surface area contributed by atoms with E-state index in [-0.39, 0.29) is 17.1 Å². The summed E-state index contributed by atoms with van der Waals surface area (Å²) in [4.78, 5) is 38.1. The van der Waals surface area contributed by atoms with Gasteiger partial charge in [-0.15, -0.1) is 0 Å². The molecule has 1 heterocycles. The van der Waals surface area contributed by atoms with Crippen molar-refractivity contribution in [2.45, 2.75) is 19.8 Å². The average Bonchev–Trinajstić information content (AvgIpc) is 2.73. The maximum Gasteiger partial charge on any atom is 0.294 e. The number of nitrogens with zero attached hydrogens (tertiary/aromatic N) is 2. The second-order valence-electron chi connectivity index (χ2n) is 7.15. The van der Waals surface area contributed by atoms with Gasteiger partial charge in [-0.3, -0.25) is 19.7 Å². The Morgan fingerprint density at radius 3 is 2.57 bits per heavy atom. The van der Waals surface area contributed by atoms with Gasteiger partial charge in [0, 0.05) is 29.2 Å². The first-order valence-corrected chi connectivity index (χ1v) is 9.65. The van der Waals surface area contributed by atoms with Crippen LogP contribution in [0.1, 0.15) is 40.5 Å². The molecule has 2 amide bonds. The lowest BCUT2D eigenvalue weighted by Crippen LogP contribution is -2.40. The van der Waals surface area contributed by atoms with Gasteiger partial charge in [-0.25, -0.2) is 4.90 Å². The van der Waals surface area contributed by atoms with E-state index in [0.717, 1.165) is 41.4 Å². The monoisotopic (exact) mass is 404 g/mol. The zero-order valence-electron chi connectivity index (χ0n) is 16.3. The molecule has 0 saturated carbocycles. The van der Waals surface area contributed by atoms with Gasteiger partial charge in [0.25, 0.3) is 17.5 Å². The van der Waals surface area contributed by atoms with Crippen LogP contribution in [0.15, 0.2) is 48.5 Å². The Kier molecular flexibility index (Phi) is 4.83. The summed E-state index contributed by atoms with van der Waals surface area (Å²) in [5.41, 5.74) is 6.92. The molecule has 3 N–H and O–H groups in total. The highest BCUT2D eigenvalue weighted by Crippen LogP contribution is 2.36. The molecule has 0 unspecified atom stereocenters. The molecule has 0 fully saturated rings. The van der Waals surface area contributed by atoms with Crippen molar-refractivity contribution in [2.24, 2.45) is 0 Å². The molecule has 0 saturated heterocycles. The summed E-state index contributed by atoms with van der Waals surface area (Å²) in [5, 5.41) is 16.0. The van der Waals surface area contributed by atoms with Crippen molar-refractivity contribution in [1.82, 2.24) is 0 Å². The zero-order chi connectivity index (χ0) is 21.4. The van der Waals surface area contributed by atoms with Gasteiger partial charge < -0.3 is 11.1 Å². The number of nitrogens with two attached hydrogens (primary N) is 1. The van der Waals surface area contributed by atoms with Crippen molar-refractivity contribution in [3.05, 3.63) is 69.8 Å². The SMILES string of the molecule is CCCCNc1cc2c3c(cccc3c1)C(=O)N(c1ccc(N)c([N+](=O)[O-])c1)C2=O. The predicted octanol–water partition coefficient (Wildman–Crippen LogP) is 4.34. The highest BCUT2D eigenvalue weighted by molar-refractivity contribution is 6.36. The molecule has 8 heteroatoms. The van der Waals surface area contributed by atoms with Gasteiger partial charge in [0.15, 0.2) is 0 Å². The third-order valence-electron chi connectivity index (χ3n) is 5.17. The Labute approximate surface area is 172 Å². The first-order chi connectivity index (χ1) is 14.4. The van der Waals surface area contributed by atoms with Crippen LogP contribution in [0.5, 0.6) is 0 Å². The van der Waals surface area contributed by atoms with Crippen molar-refractivity contribution in [2.75, 3.05) is 22.5 Å². The van der Waals surface area contributed by atoms with Gasteiger partial charge in [-0.05, 0) is 42.1 Å². The minimum atomic E-state index is -0.637. The Morgan fingerprint density at radius 2 is 1.83 bits per heavy atom. The second kappa shape index (κ2) is 7.47. The smallest absolute Gasteiger partial charge is 0.294 e. The quantitative estimate of drug-likeness (QED) is 0.207. The van der Waals surface area contributed by atoms with Crippen molar-refractivity contribution in [1.29, 1.82) is 0 Å². The number of carbonyl (C=O) groups excluding carboxylic acids is 2. The van der Waals surface area contributed by atoms with Crippen molar-refractivity contribution in [3.63, 3.8) is 0 Å². The van der Waals surface area contributed by atoms with E-state index in [1.165, 1.54) is 12.1 Å². The van der Waals surface area contributed by atoms with E-state index in [1.54, 1.807) is 18.2 Å². The average molecular weight is 404 g/mol. The van der Waals surface area contributed by atoms with E-state index in [9.17, 15) is 19.7 Å². The minimum absolute atomic E-state index is 0.0365. The predicted molar refractivity (Wildman–Crippen MR) is 116 cm³/mol. The lowest BCUT2D eigenvalue weighted by Gasteiger charge is -2.27. The van der Waals surface area contributed by atoms with E-state index < -0.39 is 16.7 Å². The van der Waals surface area contributed by atoms with Gasteiger partial charge in [0.2, 0.25) is 0 Å². The van der Waals surface area contributed by atoms with E-state index in [2.05, 4.69) is 12.2 Å². The molecule has 4 rings (SSSR count). The summed E-state index contributed by atoms with van der Waals surface area (Å²) in [6.07, 6.45) is 2.02. The van der Waals surface area contributed by atoms with Crippen LogP contribution in [0, 0.1) is 10.1 Å². The van der Waals surface area contributed by atoms with E-state index in [0.29, 0.717) is 16.5 Å². The highest BCUT2D eigenvalue weighted by Gasteiger charge is 2.35. The van der Waals surface area contributed by atoms with Crippen molar-refractivity contribution >= 4 is 45.3 Å². The molecular formula is C22H20N4O4. The molecule has 1 aliphatic rings. The number of nitro groups is 1. The van der Waals surface area contributed by atoms with Crippen LogP contribution < -0.4 is 16.0 Å². The number of benzene rings is 3. The van der Waals surface area contributed by atoms with Crippen LogP contribution >= 0.6 is 0 Å². The third kappa shape index (κ3) is 3.12. The Bertz CT molecular complexity index is 1210. The number of nitrogen functional groups attached to an aromatic ring is 1. The maximum absolute atomic E-state index is 13.3. The lowest BCUT2D eigenvalue weighted by molar-refractivity contribution is -0.383. The summed E-state index contributed by atoms with van der Waals surface area (Å²) in [6.45, 7) is 2.86. The van der Waals surface area contributed by atoms with Crippen LogP contribution in [0.3, 0.4) is 0 Å². The Hall–Kier alpha value is -3.94. The largest absolute Gasteiger partial charge is 0.393 e. The van der Waals surface area contributed by atoms with Gasteiger partial charge in [-0.1, -0.05) is 25.5 Å². The number of nitrogens with one attached hydrogen (secondary N) is 1. The second-order valence-corrected chi connectivity index (χ2v) is 7.15. The first kappa shape index (κ1) is 19.4. The Balaban J connectivity index is 1.85. The molecule has 30 heavy (non-hydrogen) atoms. The molecule has 0 spiro atoms. The summed E-state index contributed by atoms with van der Waals surface area (Å²) in [6, 6.07) is 12.8. The summed E-state index contributed by atoms with van der Waals surface area (Å²) >= 11 is 0. The fraction of sp³-hybridized carbons (Fsp3) is 0.182. The van der Waals surface area contributed by atoms with Crippen LogP contribution in [0.4, 0.5) is 22.7 Å². The Morgan fingerprint density at radius 1 is 1.07 bits per heavy atom. The number of hydrogen-bond acceptors (Lipinski definition) is 6. The number of rotatable bonds is 6. The van der Waals surface area contributed by atoms with Crippen molar-refractivity contribution in [3.8, 4) is 0 Å². The van der Waals surface area contributed by atoms with Crippen LogP contribution in [0.2, 0.25) is 0 Å². The van der Waals surface area contributed by atoms with Gasteiger partial charge in [0.05, 0.1) is 16.2 Å². The standard InChI is InChI=1S/C22H20N4O4/c1-2-3-9-24-14-10-13-5-4-6-16-20(13)17(11-14)22(28)25(21(16)27)15-7-8-18(23)19(12-15)26(29)30/h4-8,10-12,24H,2-3,9,23H2,1H3. The van der Waals surface area contributed by atoms with Gasteiger partial charge in [-0.2, -0.15) is 0 Å². The topological polar surface area (TPSA) is 119 Å². The molecule has 3 aromatic carbocycles. The molecule has 0 atom stereocenters. The number of imide groups is 1. The van der Waals surface area contributed by atoms with Crippen molar-refractivity contribution < 1.29 is 14.5 Å². The fourth-order valence-corrected chi connectivity index (χ4v) is 3.68. The number of carbonyl (C=O) groups is 2. The summed E-state index contributed by atoms with van der Waals surface area (Å²) in [5.74, 6) is -1.05. The van der Waals surface area contributed by atoms with Crippen LogP contribution in [-0.2, 0) is 0 Å². The van der Waals surface area contributed by atoms with Crippen LogP contribution in [0.25, 0.3) is 10.8 Å². The molecule has 3 aromatic rings. The van der Waals surface area contributed by atoms with Crippen LogP contribution in [-0.4, -0.2) is 23.3 Å². The van der Waals surface area contributed by atoms with Gasteiger partial charge >= 0.3 is 0 Å². The number of hydrogen-bond donors (Lipinski definition) is 2. The molecule has 0 radical (unpaired) electrons. The number of unbranched alkanes of at least 4 members (excludes halogenated alkanes) is 1. The highest BCUT2D eigenvalue weighted by atomic mass is 16.6. The molecule has 0 bridgehead atoms. The summed E-state index contributed by atoms with van der Waals surface area (Å²) in [7, 11) is 0. The zero-order valence-corrected chi connectivity index (χ0v) is 16.3. The number of anilines is 3. The lowest BCUT2D eigenvalue weighted by atomic mass is 9.93. The number of amides is 2.